The SMILES string of the molecule is COC(=O)COCC#CCN1C(=O)CCCC1C=CC(=O)Cc1ccccc1. The monoisotopic (exact) mass is 383 g/mol. The van der Waals surface area contributed by atoms with E-state index in [1.165, 1.54) is 7.11 Å². The third-order valence-electron chi connectivity index (χ3n) is 4.33. The number of amides is 1. The molecule has 1 fully saturated rings. The van der Waals surface area contributed by atoms with Crippen molar-refractivity contribution in [1.82, 2.24) is 4.90 Å². The summed E-state index contributed by atoms with van der Waals surface area (Å²) in [6.07, 6.45) is 5.81. The van der Waals surface area contributed by atoms with Crippen LogP contribution in [-0.4, -0.2) is 55.5 Å². The quantitative estimate of drug-likeness (QED) is 0.297. The first-order valence-electron chi connectivity index (χ1n) is 9.25. The first kappa shape index (κ1) is 21.4. The van der Waals surface area contributed by atoms with Crippen LogP contribution in [-0.2, 0) is 30.3 Å². The van der Waals surface area contributed by atoms with E-state index in [1.807, 2.05) is 30.3 Å². The molecule has 0 spiro atoms. The van der Waals surface area contributed by atoms with Gasteiger partial charge < -0.3 is 14.4 Å². The minimum Gasteiger partial charge on any atom is -0.467 e. The number of ketones is 1. The Bertz CT molecular complexity index is 760. The van der Waals surface area contributed by atoms with Crippen molar-refractivity contribution in [3.8, 4) is 11.8 Å². The molecule has 0 saturated carbocycles. The molecule has 1 aliphatic heterocycles. The van der Waals surface area contributed by atoms with Gasteiger partial charge in [-0.25, -0.2) is 4.79 Å². The largest absolute Gasteiger partial charge is 0.467 e. The maximum Gasteiger partial charge on any atom is 0.331 e. The topological polar surface area (TPSA) is 72.9 Å². The lowest BCUT2D eigenvalue weighted by Gasteiger charge is -2.32. The molecule has 1 unspecified atom stereocenters. The van der Waals surface area contributed by atoms with Crippen LogP contribution in [0.3, 0.4) is 0 Å². The summed E-state index contributed by atoms with van der Waals surface area (Å²) in [6, 6.07) is 9.42. The lowest BCUT2D eigenvalue weighted by atomic mass is 10.00. The Labute approximate surface area is 165 Å². The van der Waals surface area contributed by atoms with E-state index in [-0.39, 0.29) is 37.5 Å². The smallest absolute Gasteiger partial charge is 0.331 e. The van der Waals surface area contributed by atoms with Crippen molar-refractivity contribution in [2.45, 2.75) is 31.7 Å². The number of nitrogens with zero attached hydrogens (tertiary/aromatic N) is 1. The predicted molar refractivity (Wildman–Crippen MR) is 104 cm³/mol. The molecule has 2 rings (SSSR count). The summed E-state index contributed by atoms with van der Waals surface area (Å²) < 4.78 is 9.52. The molecular formula is C22H25NO5. The zero-order chi connectivity index (χ0) is 20.2. The van der Waals surface area contributed by atoms with Crippen LogP contribution >= 0.6 is 0 Å². The van der Waals surface area contributed by atoms with Crippen molar-refractivity contribution in [3.05, 3.63) is 48.0 Å². The number of hydrogen-bond acceptors (Lipinski definition) is 5. The fourth-order valence-electron chi connectivity index (χ4n) is 2.86. The number of piperidine rings is 1. The normalized spacial score (nSPS) is 16.5. The Morgan fingerprint density at radius 2 is 2.04 bits per heavy atom. The highest BCUT2D eigenvalue weighted by atomic mass is 16.6. The number of methoxy groups -OCH3 is 1. The lowest BCUT2D eigenvalue weighted by Crippen LogP contribution is -2.42. The highest BCUT2D eigenvalue weighted by Gasteiger charge is 2.25. The van der Waals surface area contributed by atoms with Crippen LogP contribution in [0.25, 0.3) is 0 Å². The van der Waals surface area contributed by atoms with E-state index in [0.717, 1.165) is 18.4 Å². The van der Waals surface area contributed by atoms with Gasteiger partial charge in [0.2, 0.25) is 5.91 Å². The third-order valence-corrected chi connectivity index (χ3v) is 4.33. The van der Waals surface area contributed by atoms with Gasteiger partial charge in [0.1, 0.15) is 13.2 Å². The number of ether oxygens (including phenoxy) is 2. The van der Waals surface area contributed by atoms with Crippen LogP contribution in [0.4, 0.5) is 0 Å². The zero-order valence-electron chi connectivity index (χ0n) is 16.1. The number of allylic oxidation sites excluding steroid dienone is 1. The van der Waals surface area contributed by atoms with Crippen LogP contribution in [0.5, 0.6) is 0 Å². The average molecular weight is 383 g/mol. The summed E-state index contributed by atoms with van der Waals surface area (Å²) >= 11 is 0. The van der Waals surface area contributed by atoms with Gasteiger partial charge in [-0.2, -0.15) is 0 Å². The minimum atomic E-state index is -0.460. The molecular weight excluding hydrogens is 358 g/mol. The second-order valence-electron chi connectivity index (χ2n) is 6.39. The maximum absolute atomic E-state index is 12.2. The molecule has 0 aromatic heterocycles. The van der Waals surface area contributed by atoms with E-state index in [9.17, 15) is 14.4 Å². The van der Waals surface area contributed by atoms with Gasteiger partial charge in [0.25, 0.3) is 0 Å². The van der Waals surface area contributed by atoms with E-state index < -0.39 is 5.97 Å². The molecule has 0 N–H and O–H groups in total. The molecule has 0 radical (unpaired) electrons. The van der Waals surface area contributed by atoms with Gasteiger partial charge in [-0.1, -0.05) is 48.2 Å². The van der Waals surface area contributed by atoms with E-state index in [2.05, 4.69) is 16.6 Å². The Hall–Kier alpha value is -2.91. The molecule has 28 heavy (non-hydrogen) atoms. The first-order chi connectivity index (χ1) is 13.6. The van der Waals surface area contributed by atoms with Gasteiger partial charge in [-0.3, -0.25) is 9.59 Å². The maximum atomic E-state index is 12.2. The minimum absolute atomic E-state index is 0.00599. The van der Waals surface area contributed by atoms with E-state index in [1.54, 1.807) is 17.1 Å². The van der Waals surface area contributed by atoms with Crippen LogP contribution in [0.1, 0.15) is 24.8 Å². The highest BCUT2D eigenvalue weighted by Crippen LogP contribution is 2.19. The summed E-state index contributed by atoms with van der Waals surface area (Å²) in [7, 11) is 1.29. The molecule has 1 aromatic rings. The van der Waals surface area contributed by atoms with Crippen LogP contribution in [0, 0.1) is 11.8 Å². The van der Waals surface area contributed by atoms with E-state index >= 15 is 0 Å². The Morgan fingerprint density at radius 1 is 1.25 bits per heavy atom. The standard InChI is InChI=1S/C22H25NO5/c1-27-22(26)17-28-15-6-5-14-23-19(10-7-11-21(23)25)12-13-20(24)16-18-8-3-2-4-9-18/h2-4,8-9,12-13,19H,7,10-11,14-17H2,1H3. The van der Waals surface area contributed by atoms with Gasteiger partial charge >= 0.3 is 5.97 Å². The van der Waals surface area contributed by atoms with Crippen molar-refractivity contribution in [3.63, 3.8) is 0 Å². The Morgan fingerprint density at radius 3 is 2.79 bits per heavy atom. The Kier molecular flexibility index (Phi) is 8.96. The summed E-state index contributed by atoms with van der Waals surface area (Å²) in [5.74, 6) is 5.25. The molecule has 0 aliphatic carbocycles. The molecule has 1 atom stereocenters. The lowest BCUT2D eigenvalue weighted by molar-refractivity contribution is -0.145. The highest BCUT2D eigenvalue weighted by molar-refractivity contribution is 5.91. The third kappa shape index (κ3) is 7.37. The summed E-state index contributed by atoms with van der Waals surface area (Å²) in [4.78, 5) is 37.0. The fraction of sp³-hybridized carbons (Fsp3) is 0.409. The molecule has 1 heterocycles. The second kappa shape index (κ2) is 11.7. The van der Waals surface area contributed by atoms with Gasteiger partial charge in [-0.15, -0.1) is 0 Å². The summed E-state index contributed by atoms with van der Waals surface area (Å²) in [5.41, 5.74) is 0.964. The molecule has 1 amide bonds. The molecule has 6 nitrogen and oxygen atoms in total. The molecule has 1 aliphatic rings. The van der Waals surface area contributed by atoms with Crippen molar-refractivity contribution >= 4 is 17.7 Å². The number of likely N-dealkylation sites (tertiary alicyclic amines) is 1. The van der Waals surface area contributed by atoms with Gasteiger partial charge in [0.15, 0.2) is 5.78 Å². The number of carbonyl (C=O) groups excluding carboxylic acids is 3. The molecule has 148 valence electrons. The number of carbonyl (C=O) groups is 3. The number of rotatable bonds is 8. The predicted octanol–water partition coefficient (Wildman–Crippen LogP) is 1.93. The Balaban J connectivity index is 1.86. The van der Waals surface area contributed by atoms with Crippen LogP contribution in [0.2, 0.25) is 0 Å². The zero-order valence-corrected chi connectivity index (χ0v) is 16.1. The molecule has 1 aromatic carbocycles. The van der Waals surface area contributed by atoms with Gasteiger partial charge in [0.05, 0.1) is 19.7 Å². The first-order valence-corrected chi connectivity index (χ1v) is 9.25. The van der Waals surface area contributed by atoms with Gasteiger partial charge in [0, 0.05) is 12.8 Å². The second-order valence-corrected chi connectivity index (χ2v) is 6.39. The fourth-order valence-corrected chi connectivity index (χ4v) is 2.86. The molecule has 1 saturated heterocycles. The van der Waals surface area contributed by atoms with Crippen molar-refractivity contribution < 1.29 is 23.9 Å². The molecule has 0 bridgehead atoms. The van der Waals surface area contributed by atoms with Crippen molar-refractivity contribution in [1.29, 1.82) is 0 Å². The summed E-state index contributed by atoms with van der Waals surface area (Å²) in [6.45, 7) is 0.207. The van der Waals surface area contributed by atoms with Crippen LogP contribution in [0.15, 0.2) is 42.5 Å². The van der Waals surface area contributed by atoms with E-state index in [0.29, 0.717) is 12.8 Å². The summed E-state index contributed by atoms with van der Waals surface area (Å²) in [5, 5.41) is 0. The molecule has 6 heteroatoms. The van der Waals surface area contributed by atoms with Crippen LogP contribution < -0.4 is 0 Å². The number of benzene rings is 1. The van der Waals surface area contributed by atoms with Crippen molar-refractivity contribution in [2.24, 2.45) is 0 Å². The average Bonchev–Trinajstić information content (AvgIpc) is 2.70. The number of hydrogen-bond donors (Lipinski definition) is 0. The van der Waals surface area contributed by atoms with Crippen molar-refractivity contribution in [2.75, 3.05) is 26.9 Å². The number of esters is 1. The van der Waals surface area contributed by atoms with E-state index in [4.69, 9.17) is 4.74 Å². The van der Waals surface area contributed by atoms with Gasteiger partial charge in [-0.05, 0) is 24.5 Å².